The molecule has 1 saturated heterocycles. The minimum absolute atomic E-state index is 0.0426. The van der Waals surface area contributed by atoms with Crippen LogP contribution in [0, 0.1) is 5.82 Å². The van der Waals surface area contributed by atoms with Gasteiger partial charge in [0, 0.05) is 13.2 Å². The summed E-state index contributed by atoms with van der Waals surface area (Å²) < 4.78 is 45.8. The van der Waals surface area contributed by atoms with Crippen LogP contribution in [0.3, 0.4) is 0 Å². The molecule has 3 rings (SSSR count). The quantitative estimate of drug-likeness (QED) is 0.785. The van der Waals surface area contributed by atoms with Gasteiger partial charge in [-0.25, -0.2) is 12.8 Å². The van der Waals surface area contributed by atoms with E-state index in [2.05, 4.69) is 5.32 Å². The molecule has 144 valence electrons. The molecule has 0 spiro atoms. The lowest BCUT2D eigenvalue weighted by Crippen LogP contribution is -2.42. The van der Waals surface area contributed by atoms with Crippen molar-refractivity contribution in [2.24, 2.45) is 0 Å². The van der Waals surface area contributed by atoms with Crippen molar-refractivity contribution in [3.8, 4) is 0 Å². The zero-order valence-corrected chi connectivity index (χ0v) is 15.5. The van der Waals surface area contributed by atoms with E-state index in [0.29, 0.717) is 13.2 Å². The Morgan fingerprint density at radius 2 is 1.85 bits per heavy atom. The molecular formula is C19H21FN2O4S. The maximum absolute atomic E-state index is 13.3. The molecule has 1 heterocycles. The number of amides is 1. The van der Waals surface area contributed by atoms with E-state index < -0.39 is 28.3 Å². The summed E-state index contributed by atoms with van der Waals surface area (Å²) in [5.74, 6) is -0.937. The van der Waals surface area contributed by atoms with E-state index >= 15 is 0 Å². The monoisotopic (exact) mass is 392 g/mol. The molecule has 0 saturated carbocycles. The lowest BCUT2D eigenvalue weighted by molar-refractivity contribution is -0.120. The van der Waals surface area contributed by atoms with Crippen molar-refractivity contribution < 1.29 is 22.3 Å². The Morgan fingerprint density at radius 1 is 1.15 bits per heavy atom. The van der Waals surface area contributed by atoms with Gasteiger partial charge in [0.1, 0.15) is 12.4 Å². The van der Waals surface area contributed by atoms with Crippen LogP contribution in [-0.2, 0) is 19.6 Å². The summed E-state index contributed by atoms with van der Waals surface area (Å²) in [4.78, 5) is 12.4. The number of anilines is 1. The summed E-state index contributed by atoms with van der Waals surface area (Å²) in [6.07, 6.45) is 1.77. The van der Waals surface area contributed by atoms with Gasteiger partial charge >= 0.3 is 0 Å². The molecule has 0 aliphatic carbocycles. The number of nitrogens with zero attached hydrogens (tertiary/aromatic N) is 1. The third-order valence-corrected chi connectivity index (χ3v) is 6.07. The molecule has 1 fully saturated rings. The number of ether oxygens (including phenoxy) is 1. The van der Waals surface area contributed by atoms with Gasteiger partial charge in [0.25, 0.3) is 10.0 Å². The van der Waals surface area contributed by atoms with Crippen molar-refractivity contribution >= 4 is 21.6 Å². The van der Waals surface area contributed by atoms with Crippen LogP contribution in [0.5, 0.6) is 0 Å². The molecule has 6 nitrogen and oxygen atoms in total. The highest BCUT2D eigenvalue weighted by Crippen LogP contribution is 2.23. The molecule has 27 heavy (non-hydrogen) atoms. The molecule has 0 radical (unpaired) electrons. The van der Waals surface area contributed by atoms with Crippen molar-refractivity contribution in [2.75, 3.05) is 24.0 Å². The Labute approximate surface area is 158 Å². The molecule has 0 aromatic heterocycles. The minimum atomic E-state index is -3.98. The summed E-state index contributed by atoms with van der Waals surface area (Å²) in [6, 6.07) is 12.8. The molecule has 1 amide bonds. The average molecular weight is 392 g/mol. The van der Waals surface area contributed by atoms with Gasteiger partial charge in [-0.3, -0.25) is 9.10 Å². The van der Waals surface area contributed by atoms with Crippen molar-refractivity contribution in [2.45, 2.75) is 23.8 Å². The SMILES string of the molecule is O=C(CN(c1ccc(F)cc1)S(=O)(=O)c1ccccc1)NC[C@@H]1CCCO1. The van der Waals surface area contributed by atoms with Crippen LogP contribution in [0.25, 0.3) is 0 Å². The fourth-order valence-electron chi connectivity index (χ4n) is 2.86. The van der Waals surface area contributed by atoms with Crippen LogP contribution >= 0.6 is 0 Å². The van der Waals surface area contributed by atoms with Crippen LogP contribution < -0.4 is 9.62 Å². The minimum Gasteiger partial charge on any atom is -0.376 e. The van der Waals surface area contributed by atoms with Crippen LogP contribution in [0.2, 0.25) is 0 Å². The summed E-state index contributed by atoms with van der Waals surface area (Å²) in [5.41, 5.74) is 0.215. The molecule has 1 aliphatic heterocycles. The maximum atomic E-state index is 13.3. The number of halogens is 1. The summed E-state index contributed by atoms with van der Waals surface area (Å²) in [6.45, 7) is 0.599. The first kappa shape index (κ1) is 19.3. The molecule has 2 aromatic rings. The summed E-state index contributed by atoms with van der Waals surface area (Å²) >= 11 is 0. The van der Waals surface area contributed by atoms with E-state index in [0.717, 1.165) is 29.3 Å². The topological polar surface area (TPSA) is 75.7 Å². The standard InChI is InChI=1S/C19H21FN2O4S/c20-15-8-10-16(11-9-15)22(27(24,25)18-6-2-1-3-7-18)14-19(23)21-13-17-5-4-12-26-17/h1-3,6-11,17H,4-5,12-14H2,(H,21,23)/t17-/m0/s1. The van der Waals surface area contributed by atoms with Crippen molar-refractivity contribution in [1.82, 2.24) is 5.32 Å². The summed E-state index contributed by atoms with van der Waals surface area (Å²) in [7, 11) is -3.98. The van der Waals surface area contributed by atoms with Crippen molar-refractivity contribution in [1.29, 1.82) is 0 Å². The summed E-state index contributed by atoms with van der Waals surface area (Å²) in [5, 5.41) is 2.72. The number of hydrogen-bond acceptors (Lipinski definition) is 4. The highest BCUT2D eigenvalue weighted by atomic mass is 32.2. The van der Waals surface area contributed by atoms with E-state index in [1.165, 1.54) is 24.3 Å². The van der Waals surface area contributed by atoms with Crippen LogP contribution in [0.15, 0.2) is 59.5 Å². The molecule has 1 aliphatic rings. The van der Waals surface area contributed by atoms with E-state index in [1.807, 2.05) is 0 Å². The third-order valence-electron chi connectivity index (χ3n) is 4.28. The molecule has 1 N–H and O–H groups in total. The number of carbonyl (C=O) groups is 1. The maximum Gasteiger partial charge on any atom is 0.264 e. The molecule has 0 bridgehead atoms. The van der Waals surface area contributed by atoms with Gasteiger partial charge in [-0.2, -0.15) is 0 Å². The number of sulfonamides is 1. The van der Waals surface area contributed by atoms with Crippen molar-refractivity contribution in [3.63, 3.8) is 0 Å². The van der Waals surface area contributed by atoms with Crippen molar-refractivity contribution in [3.05, 3.63) is 60.4 Å². The lowest BCUT2D eigenvalue weighted by Gasteiger charge is -2.24. The highest BCUT2D eigenvalue weighted by Gasteiger charge is 2.27. The number of hydrogen-bond donors (Lipinski definition) is 1. The largest absolute Gasteiger partial charge is 0.376 e. The average Bonchev–Trinajstić information content (AvgIpc) is 3.19. The predicted molar refractivity (Wildman–Crippen MR) is 99.4 cm³/mol. The Kier molecular flexibility index (Phi) is 6.08. The van der Waals surface area contributed by atoms with Crippen LogP contribution in [-0.4, -0.2) is 40.1 Å². The zero-order valence-electron chi connectivity index (χ0n) is 14.7. The van der Waals surface area contributed by atoms with Gasteiger partial charge in [0.2, 0.25) is 5.91 Å². The van der Waals surface area contributed by atoms with Gasteiger partial charge in [-0.05, 0) is 49.2 Å². The van der Waals surface area contributed by atoms with Gasteiger partial charge in [-0.1, -0.05) is 18.2 Å². The molecule has 1 atom stereocenters. The molecule has 8 heteroatoms. The molecule has 2 aromatic carbocycles. The highest BCUT2D eigenvalue weighted by molar-refractivity contribution is 7.92. The second kappa shape index (κ2) is 8.49. The Morgan fingerprint density at radius 3 is 2.48 bits per heavy atom. The third kappa shape index (κ3) is 4.84. The van der Waals surface area contributed by atoms with Crippen LogP contribution in [0.4, 0.5) is 10.1 Å². The first-order chi connectivity index (χ1) is 13.0. The predicted octanol–water partition coefficient (Wildman–Crippen LogP) is 2.32. The van der Waals surface area contributed by atoms with Gasteiger partial charge in [0.15, 0.2) is 0 Å². The first-order valence-electron chi connectivity index (χ1n) is 8.68. The van der Waals surface area contributed by atoms with E-state index in [-0.39, 0.29) is 16.7 Å². The molecule has 0 unspecified atom stereocenters. The molecular weight excluding hydrogens is 371 g/mol. The van der Waals surface area contributed by atoms with Gasteiger partial charge in [0.05, 0.1) is 16.7 Å². The van der Waals surface area contributed by atoms with Crippen LogP contribution in [0.1, 0.15) is 12.8 Å². The fourth-order valence-corrected chi connectivity index (χ4v) is 4.30. The lowest BCUT2D eigenvalue weighted by atomic mass is 10.2. The van der Waals surface area contributed by atoms with Gasteiger partial charge in [-0.15, -0.1) is 0 Å². The Balaban J connectivity index is 1.81. The van der Waals surface area contributed by atoms with E-state index in [1.54, 1.807) is 18.2 Å². The number of carbonyl (C=O) groups excluding carboxylic acids is 1. The smallest absolute Gasteiger partial charge is 0.264 e. The second-order valence-electron chi connectivity index (χ2n) is 6.24. The van der Waals surface area contributed by atoms with E-state index in [4.69, 9.17) is 4.74 Å². The zero-order chi connectivity index (χ0) is 19.3. The van der Waals surface area contributed by atoms with E-state index in [9.17, 15) is 17.6 Å². The number of rotatable bonds is 7. The fraction of sp³-hybridized carbons (Fsp3) is 0.316. The number of benzene rings is 2. The number of nitrogens with one attached hydrogen (secondary N) is 1. The van der Waals surface area contributed by atoms with Gasteiger partial charge < -0.3 is 10.1 Å². The normalized spacial score (nSPS) is 16.9. The second-order valence-corrected chi connectivity index (χ2v) is 8.10. The Bertz CT molecular complexity index is 866. The first-order valence-corrected chi connectivity index (χ1v) is 10.1. The Hall–Kier alpha value is -2.45.